The standard InChI is InChI=1S/C12H17ClN2O3S/c1-19(16,17)18-11-6-5-8(14)7-9(11)10-3-2-4-12(13)15-10/h2-4,8-9,11H,5-7,14H2,1H3/t8-,9?,11-/m1/s1. The number of nitrogens with zero attached hydrogens (tertiary/aromatic N) is 1. The number of hydrogen-bond donors (Lipinski definition) is 1. The van der Waals surface area contributed by atoms with Crippen LogP contribution in [-0.2, 0) is 14.3 Å². The summed E-state index contributed by atoms with van der Waals surface area (Å²) in [6, 6.07) is 5.33. The molecule has 1 aromatic heterocycles. The van der Waals surface area contributed by atoms with Crippen molar-refractivity contribution in [1.82, 2.24) is 4.98 Å². The summed E-state index contributed by atoms with van der Waals surface area (Å²) in [5.74, 6) is -0.142. The molecule has 1 aliphatic carbocycles. The van der Waals surface area contributed by atoms with Gasteiger partial charge in [0.25, 0.3) is 10.1 Å². The third kappa shape index (κ3) is 4.14. The average molecular weight is 305 g/mol. The second-order valence-corrected chi connectivity index (χ2v) is 6.89. The van der Waals surface area contributed by atoms with E-state index in [-0.39, 0.29) is 12.0 Å². The summed E-state index contributed by atoms with van der Waals surface area (Å²) in [6.07, 6.45) is 2.64. The molecule has 0 amide bonds. The Balaban J connectivity index is 2.26. The molecule has 1 fully saturated rings. The number of aromatic nitrogens is 1. The van der Waals surface area contributed by atoms with E-state index >= 15 is 0 Å². The Labute approximate surface area is 118 Å². The maximum atomic E-state index is 11.3. The summed E-state index contributed by atoms with van der Waals surface area (Å²) < 4.78 is 27.8. The van der Waals surface area contributed by atoms with Crippen molar-refractivity contribution in [1.29, 1.82) is 0 Å². The Morgan fingerprint density at radius 3 is 2.79 bits per heavy atom. The average Bonchev–Trinajstić information content (AvgIpc) is 2.30. The van der Waals surface area contributed by atoms with Crippen LogP contribution in [0.3, 0.4) is 0 Å². The first kappa shape index (κ1) is 14.7. The molecule has 1 heterocycles. The van der Waals surface area contributed by atoms with Crippen LogP contribution in [0.15, 0.2) is 18.2 Å². The SMILES string of the molecule is CS(=O)(=O)O[C@@H]1CC[C@@H](N)CC1c1cccc(Cl)n1. The minimum atomic E-state index is -3.49. The quantitative estimate of drug-likeness (QED) is 0.678. The highest BCUT2D eigenvalue weighted by atomic mass is 35.5. The maximum absolute atomic E-state index is 11.3. The second-order valence-electron chi connectivity index (χ2n) is 4.90. The van der Waals surface area contributed by atoms with Gasteiger partial charge in [-0.3, -0.25) is 4.18 Å². The minimum Gasteiger partial charge on any atom is -0.328 e. The van der Waals surface area contributed by atoms with Gasteiger partial charge in [-0.25, -0.2) is 4.98 Å². The van der Waals surface area contributed by atoms with Crippen LogP contribution in [0.4, 0.5) is 0 Å². The molecule has 1 aliphatic rings. The molecule has 5 nitrogen and oxygen atoms in total. The minimum absolute atomic E-state index is 0.0326. The van der Waals surface area contributed by atoms with E-state index in [4.69, 9.17) is 21.5 Å². The van der Waals surface area contributed by atoms with E-state index in [2.05, 4.69) is 4.98 Å². The Morgan fingerprint density at radius 1 is 1.42 bits per heavy atom. The van der Waals surface area contributed by atoms with E-state index in [1.807, 2.05) is 6.07 Å². The zero-order valence-corrected chi connectivity index (χ0v) is 12.2. The summed E-state index contributed by atoms with van der Waals surface area (Å²) in [7, 11) is -3.49. The number of nitrogens with two attached hydrogens (primary N) is 1. The molecular weight excluding hydrogens is 288 g/mol. The van der Waals surface area contributed by atoms with E-state index in [0.29, 0.717) is 18.0 Å². The highest BCUT2D eigenvalue weighted by molar-refractivity contribution is 7.86. The zero-order valence-electron chi connectivity index (χ0n) is 10.6. The maximum Gasteiger partial charge on any atom is 0.264 e. The monoisotopic (exact) mass is 304 g/mol. The van der Waals surface area contributed by atoms with Crippen LogP contribution >= 0.6 is 11.6 Å². The van der Waals surface area contributed by atoms with Gasteiger partial charge in [0.1, 0.15) is 5.15 Å². The molecule has 2 rings (SSSR count). The van der Waals surface area contributed by atoms with E-state index in [1.165, 1.54) is 0 Å². The van der Waals surface area contributed by atoms with Crippen molar-refractivity contribution >= 4 is 21.7 Å². The van der Waals surface area contributed by atoms with Gasteiger partial charge in [0.15, 0.2) is 0 Å². The fourth-order valence-electron chi connectivity index (χ4n) is 2.46. The van der Waals surface area contributed by atoms with Gasteiger partial charge >= 0.3 is 0 Å². The highest BCUT2D eigenvalue weighted by Gasteiger charge is 2.34. The molecule has 0 radical (unpaired) electrons. The van der Waals surface area contributed by atoms with Crippen molar-refractivity contribution in [3.63, 3.8) is 0 Å². The Bertz CT molecular complexity index is 550. The van der Waals surface area contributed by atoms with Crippen LogP contribution in [0, 0.1) is 0 Å². The van der Waals surface area contributed by atoms with Gasteiger partial charge in [0.05, 0.1) is 12.4 Å². The third-order valence-corrected chi connectivity index (χ3v) is 4.05. The molecule has 19 heavy (non-hydrogen) atoms. The van der Waals surface area contributed by atoms with Crippen molar-refractivity contribution in [2.75, 3.05) is 6.26 Å². The van der Waals surface area contributed by atoms with Gasteiger partial charge in [-0.05, 0) is 31.4 Å². The lowest BCUT2D eigenvalue weighted by Crippen LogP contribution is -2.37. The molecule has 7 heteroatoms. The van der Waals surface area contributed by atoms with Crippen LogP contribution in [0.1, 0.15) is 30.9 Å². The van der Waals surface area contributed by atoms with Gasteiger partial charge in [-0.1, -0.05) is 17.7 Å². The van der Waals surface area contributed by atoms with Gasteiger partial charge in [0, 0.05) is 17.7 Å². The van der Waals surface area contributed by atoms with E-state index in [9.17, 15) is 8.42 Å². The molecule has 0 bridgehead atoms. The predicted molar refractivity (Wildman–Crippen MR) is 73.5 cm³/mol. The summed E-state index contributed by atoms with van der Waals surface area (Å²) in [4.78, 5) is 4.25. The summed E-state index contributed by atoms with van der Waals surface area (Å²) >= 11 is 5.88. The Morgan fingerprint density at radius 2 is 2.16 bits per heavy atom. The largest absolute Gasteiger partial charge is 0.328 e. The molecule has 1 aromatic rings. The second kappa shape index (κ2) is 5.75. The molecule has 106 valence electrons. The normalized spacial score (nSPS) is 28.3. The lowest BCUT2D eigenvalue weighted by Gasteiger charge is -2.33. The number of halogens is 1. The van der Waals surface area contributed by atoms with E-state index in [1.54, 1.807) is 12.1 Å². The molecule has 3 atom stereocenters. The van der Waals surface area contributed by atoms with Crippen LogP contribution in [0.25, 0.3) is 0 Å². The Hall–Kier alpha value is -0.690. The molecule has 1 unspecified atom stereocenters. The van der Waals surface area contributed by atoms with Crippen LogP contribution in [-0.4, -0.2) is 31.8 Å². The van der Waals surface area contributed by atoms with E-state index in [0.717, 1.165) is 18.4 Å². The summed E-state index contributed by atoms with van der Waals surface area (Å²) in [5.41, 5.74) is 6.69. The van der Waals surface area contributed by atoms with Crippen molar-refractivity contribution in [2.45, 2.75) is 37.3 Å². The summed E-state index contributed by atoms with van der Waals surface area (Å²) in [5, 5.41) is 0.384. The molecule has 0 aliphatic heterocycles. The number of pyridine rings is 1. The van der Waals surface area contributed by atoms with Crippen LogP contribution < -0.4 is 5.73 Å². The first-order valence-electron chi connectivity index (χ1n) is 6.11. The van der Waals surface area contributed by atoms with Gasteiger partial charge in [0.2, 0.25) is 0 Å². The van der Waals surface area contributed by atoms with Gasteiger partial charge < -0.3 is 5.73 Å². The third-order valence-electron chi connectivity index (χ3n) is 3.24. The van der Waals surface area contributed by atoms with Gasteiger partial charge in [-0.2, -0.15) is 8.42 Å². The fraction of sp³-hybridized carbons (Fsp3) is 0.583. The lowest BCUT2D eigenvalue weighted by molar-refractivity contribution is 0.128. The zero-order chi connectivity index (χ0) is 14.0. The molecule has 0 saturated heterocycles. The molecular formula is C12H17ClN2O3S. The highest BCUT2D eigenvalue weighted by Crippen LogP contribution is 2.34. The van der Waals surface area contributed by atoms with Crippen molar-refractivity contribution < 1.29 is 12.6 Å². The predicted octanol–water partition coefficient (Wildman–Crippen LogP) is 1.67. The first-order chi connectivity index (χ1) is 8.85. The first-order valence-corrected chi connectivity index (χ1v) is 8.31. The van der Waals surface area contributed by atoms with Crippen molar-refractivity contribution in [2.24, 2.45) is 5.73 Å². The van der Waals surface area contributed by atoms with Gasteiger partial charge in [-0.15, -0.1) is 0 Å². The molecule has 1 saturated carbocycles. The van der Waals surface area contributed by atoms with Crippen molar-refractivity contribution in [3.8, 4) is 0 Å². The van der Waals surface area contributed by atoms with Crippen molar-refractivity contribution in [3.05, 3.63) is 29.0 Å². The summed E-state index contributed by atoms with van der Waals surface area (Å²) in [6.45, 7) is 0. The molecule has 0 aromatic carbocycles. The molecule has 2 N–H and O–H groups in total. The van der Waals surface area contributed by atoms with Crippen LogP contribution in [0.2, 0.25) is 5.15 Å². The smallest absolute Gasteiger partial charge is 0.264 e. The topological polar surface area (TPSA) is 82.3 Å². The van der Waals surface area contributed by atoms with E-state index < -0.39 is 16.2 Å². The van der Waals surface area contributed by atoms with Crippen LogP contribution in [0.5, 0.6) is 0 Å². The Kier molecular flexibility index (Phi) is 4.45. The fourth-order valence-corrected chi connectivity index (χ4v) is 3.31. The number of rotatable bonds is 3. The number of hydrogen-bond acceptors (Lipinski definition) is 5. The lowest BCUT2D eigenvalue weighted by atomic mass is 9.81. The molecule has 0 spiro atoms.